The zero-order chi connectivity index (χ0) is 10.4. The molecule has 0 aliphatic carbocycles. The molecule has 0 bridgehead atoms. The predicted octanol–water partition coefficient (Wildman–Crippen LogP) is 1.83. The van der Waals surface area contributed by atoms with Crippen LogP contribution in [0.4, 0.5) is 11.4 Å². The Labute approximate surface area is 85.2 Å². The zero-order valence-corrected chi connectivity index (χ0v) is 8.80. The number of hydrogen-bond acceptors (Lipinski definition) is 3. The molecule has 0 aliphatic heterocycles. The van der Waals surface area contributed by atoms with Gasteiger partial charge in [-0.15, -0.1) is 0 Å². The lowest BCUT2D eigenvalue weighted by molar-refractivity contribution is 0.311. The number of anilines is 2. The third-order valence-electron chi connectivity index (χ3n) is 1.97. The highest BCUT2D eigenvalue weighted by Crippen LogP contribution is 2.22. The third-order valence-corrected chi connectivity index (χ3v) is 1.97. The van der Waals surface area contributed by atoms with E-state index < -0.39 is 0 Å². The van der Waals surface area contributed by atoms with Gasteiger partial charge in [-0.1, -0.05) is 6.07 Å². The SMILES string of the molecule is CCNc1cc(C)ccc1NCCO. The molecule has 14 heavy (non-hydrogen) atoms. The molecule has 1 aromatic carbocycles. The van der Waals surface area contributed by atoms with Gasteiger partial charge in [0.1, 0.15) is 0 Å². The molecule has 78 valence electrons. The van der Waals surface area contributed by atoms with Crippen LogP contribution in [-0.2, 0) is 0 Å². The molecule has 3 N–H and O–H groups in total. The van der Waals surface area contributed by atoms with Gasteiger partial charge in [-0.25, -0.2) is 0 Å². The summed E-state index contributed by atoms with van der Waals surface area (Å²) in [5, 5.41) is 15.2. The first kappa shape index (κ1) is 10.9. The van der Waals surface area contributed by atoms with Gasteiger partial charge in [0.15, 0.2) is 0 Å². The van der Waals surface area contributed by atoms with E-state index in [0.29, 0.717) is 6.54 Å². The van der Waals surface area contributed by atoms with Crippen molar-refractivity contribution in [1.29, 1.82) is 0 Å². The summed E-state index contributed by atoms with van der Waals surface area (Å²) in [5.41, 5.74) is 3.38. The summed E-state index contributed by atoms with van der Waals surface area (Å²) < 4.78 is 0. The minimum Gasteiger partial charge on any atom is -0.395 e. The predicted molar refractivity (Wildman–Crippen MR) is 60.9 cm³/mol. The van der Waals surface area contributed by atoms with E-state index in [2.05, 4.69) is 36.6 Å². The van der Waals surface area contributed by atoms with Gasteiger partial charge in [-0.05, 0) is 31.5 Å². The molecule has 0 saturated carbocycles. The summed E-state index contributed by atoms with van der Waals surface area (Å²) >= 11 is 0. The van der Waals surface area contributed by atoms with Gasteiger partial charge < -0.3 is 15.7 Å². The van der Waals surface area contributed by atoms with Gasteiger partial charge >= 0.3 is 0 Å². The average Bonchev–Trinajstić information content (AvgIpc) is 2.17. The van der Waals surface area contributed by atoms with E-state index in [1.807, 2.05) is 6.07 Å². The van der Waals surface area contributed by atoms with Gasteiger partial charge in [-0.2, -0.15) is 0 Å². The summed E-state index contributed by atoms with van der Waals surface area (Å²) in [4.78, 5) is 0. The Morgan fingerprint density at radius 2 is 2.00 bits per heavy atom. The number of hydrogen-bond donors (Lipinski definition) is 3. The van der Waals surface area contributed by atoms with Crippen LogP contribution < -0.4 is 10.6 Å². The summed E-state index contributed by atoms with van der Waals surface area (Å²) in [6.07, 6.45) is 0. The Bertz CT molecular complexity index is 287. The fourth-order valence-corrected chi connectivity index (χ4v) is 1.34. The summed E-state index contributed by atoms with van der Waals surface area (Å²) in [5.74, 6) is 0. The Morgan fingerprint density at radius 3 is 2.64 bits per heavy atom. The van der Waals surface area contributed by atoms with Crippen LogP contribution in [0, 0.1) is 6.92 Å². The van der Waals surface area contributed by atoms with Crippen LogP contribution in [0.2, 0.25) is 0 Å². The highest BCUT2D eigenvalue weighted by Gasteiger charge is 2.00. The van der Waals surface area contributed by atoms with Crippen molar-refractivity contribution >= 4 is 11.4 Å². The Balaban J connectivity index is 2.78. The average molecular weight is 194 g/mol. The minimum absolute atomic E-state index is 0.152. The Hall–Kier alpha value is -1.22. The topological polar surface area (TPSA) is 44.3 Å². The largest absolute Gasteiger partial charge is 0.395 e. The highest BCUT2D eigenvalue weighted by atomic mass is 16.3. The third kappa shape index (κ3) is 2.92. The van der Waals surface area contributed by atoms with E-state index in [-0.39, 0.29) is 6.61 Å². The number of benzene rings is 1. The number of aliphatic hydroxyl groups is 1. The lowest BCUT2D eigenvalue weighted by Gasteiger charge is -2.12. The quantitative estimate of drug-likeness (QED) is 0.670. The summed E-state index contributed by atoms with van der Waals surface area (Å²) in [6.45, 7) is 5.77. The maximum Gasteiger partial charge on any atom is 0.0604 e. The molecule has 0 heterocycles. The molecule has 0 spiro atoms. The smallest absolute Gasteiger partial charge is 0.0604 e. The first-order chi connectivity index (χ1) is 6.77. The van der Waals surface area contributed by atoms with E-state index in [9.17, 15) is 0 Å². The molecule has 3 nitrogen and oxygen atoms in total. The van der Waals surface area contributed by atoms with Crippen LogP contribution in [0.1, 0.15) is 12.5 Å². The number of aryl methyl sites for hydroxylation is 1. The van der Waals surface area contributed by atoms with Crippen LogP contribution in [0.15, 0.2) is 18.2 Å². The molecule has 0 radical (unpaired) electrons. The number of aliphatic hydroxyl groups excluding tert-OH is 1. The molecule has 1 rings (SSSR count). The van der Waals surface area contributed by atoms with E-state index in [0.717, 1.165) is 17.9 Å². The van der Waals surface area contributed by atoms with Crippen molar-refractivity contribution in [2.75, 3.05) is 30.3 Å². The molecule has 1 aromatic rings. The lowest BCUT2D eigenvalue weighted by atomic mass is 10.2. The van der Waals surface area contributed by atoms with Crippen LogP contribution >= 0.6 is 0 Å². The molecule has 0 atom stereocenters. The van der Waals surface area contributed by atoms with Gasteiger partial charge in [0.2, 0.25) is 0 Å². The van der Waals surface area contributed by atoms with Gasteiger partial charge in [-0.3, -0.25) is 0 Å². The zero-order valence-electron chi connectivity index (χ0n) is 8.80. The first-order valence-corrected chi connectivity index (χ1v) is 4.97. The van der Waals surface area contributed by atoms with Crippen LogP contribution in [0.5, 0.6) is 0 Å². The van der Waals surface area contributed by atoms with Crippen LogP contribution in [0.3, 0.4) is 0 Å². The van der Waals surface area contributed by atoms with Crippen molar-refractivity contribution in [2.24, 2.45) is 0 Å². The van der Waals surface area contributed by atoms with Crippen molar-refractivity contribution in [3.8, 4) is 0 Å². The van der Waals surface area contributed by atoms with E-state index >= 15 is 0 Å². The standard InChI is InChI=1S/C11H18N2O/c1-3-12-11-8-9(2)4-5-10(11)13-6-7-14/h4-5,8,12-14H,3,6-7H2,1-2H3. The molecule has 0 saturated heterocycles. The van der Waals surface area contributed by atoms with Crippen molar-refractivity contribution in [3.63, 3.8) is 0 Å². The second-order valence-electron chi connectivity index (χ2n) is 3.23. The van der Waals surface area contributed by atoms with E-state index in [1.54, 1.807) is 0 Å². The molecule has 3 heteroatoms. The Morgan fingerprint density at radius 1 is 1.21 bits per heavy atom. The molecular weight excluding hydrogens is 176 g/mol. The second-order valence-corrected chi connectivity index (χ2v) is 3.23. The minimum atomic E-state index is 0.152. The van der Waals surface area contributed by atoms with Crippen LogP contribution in [-0.4, -0.2) is 24.8 Å². The maximum atomic E-state index is 8.72. The maximum absolute atomic E-state index is 8.72. The normalized spacial score (nSPS) is 9.93. The van der Waals surface area contributed by atoms with Crippen molar-refractivity contribution < 1.29 is 5.11 Å². The summed E-state index contributed by atoms with van der Waals surface area (Å²) in [6, 6.07) is 6.19. The Kier molecular flexibility index (Phi) is 4.26. The first-order valence-electron chi connectivity index (χ1n) is 4.97. The fourth-order valence-electron chi connectivity index (χ4n) is 1.34. The second kappa shape index (κ2) is 5.50. The molecule has 0 fully saturated rings. The van der Waals surface area contributed by atoms with Gasteiger partial charge in [0, 0.05) is 13.1 Å². The fraction of sp³-hybridized carbons (Fsp3) is 0.455. The highest BCUT2D eigenvalue weighted by molar-refractivity contribution is 5.69. The summed E-state index contributed by atoms with van der Waals surface area (Å²) in [7, 11) is 0. The van der Waals surface area contributed by atoms with E-state index in [1.165, 1.54) is 5.56 Å². The monoisotopic (exact) mass is 194 g/mol. The van der Waals surface area contributed by atoms with Crippen molar-refractivity contribution in [3.05, 3.63) is 23.8 Å². The molecule has 0 aromatic heterocycles. The molecule has 0 aliphatic rings. The molecular formula is C11H18N2O. The molecule has 0 unspecified atom stereocenters. The van der Waals surface area contributed by atoms with Crippen molar-refractivity contribution in [1.82, 2.24) is 0 Å². The van der Waals surface area contributed by atoms with Gasteiger partial charge in [0.25, 0.3) is 0 Å². The van der Waals surface area contributed by atoms with Gasteiger partial charge in [0.05, 0.1) is 18.0 Å². The van der Waals surface area contributed by atoms with Crippen molar-refractivity contribution in [2.45, 2.75) is 13.8 Å². The lowest BCUT2D eigenvalue weighted by Crippen LogP contribution is -2.08. The number of nitrogens with one attached hydrogen (secondary N) is 2. The van der Waals surface area contributed by atoms with Crippen LogP contribution in [0.25, 0.3) is 0 Å². The molecule has 0 amide bonds. The van der Waals surface area contributed by atoms with E-state index in [4.69, 9.17) is 5.11 Å². The number of rotatable bonds is 5.